The summed E-state index contributed by atoms with van der Waals surface area (Å²) in [4.78, 5) is 25.6. The number of aryl methyl sites for hydroxylation is 1. The minimum absolute atomic E-state index is 0.0427. The molecule has 2 aliphatic rings. The summed E-state index contributed by atoms with van der Waals surface area (Å²) in [5.74, 6) is 1.28. The number of furan rings is 1. The Hall–Kier alpha value is -2.19. The van der Waals surface area contributed by atoms with Gasteiger partial charge in [-0.05, 0) is 6.92 Å². The van der Waals surface area contributed by atoms with Crippen LogP contribution in [0.2, 0.25) is 0 Å². The van der Waals surface area contributed by atoms with Crippen molar-refractivity contribution in [3.63, 3.8) is 0 Å². The van der Waals surface area contributed by atoms with Gasteiger partial charge in [0.1, 0.15) is 17.9 Å². The Labute approximate surface area is 139 Å². The summed E-state index contributed by atoms with van der Waals surface area (Å²) >= 11 is 0. The van der Waals surface area contributed by atoms with Crippen LogP contribution in [-0.4, -0.2) is 73.4 Å². The molecule has 0 spiro atoms. The first kappa shape index (κ1) is 15.3. The minimum Gasteiger partial charge on any atom is -0.442 e. The molecule has 0 radical (unpaired) electrons. The summed E-state index contributed by atoms with van der Waals surface area (Å²) < 4.78 is 16.5. The van der Waals surface area contributed by atoms with E-state index in [-0.39, 0.29) is 5.91 Å². The molecule has 0 bridgehead atoms. The molecule has 24 heavy (non-hydrogen) atoms. The van der Waals surface area contributed by atoms with Crippen LogP contribution in [0, 0.1) is 6.92 Å². The van der Waals surface area contributed by atoms with Gasteiger partial charge < -0.3 is 23.7 Å². The van der Waals surface area contributed by atoms with Crippen LogP contribution in [-0.2, 0) is 9.47 Å². The summed E-state index contributed by atoms with van der Waals surface area (Å²) in [6.45, 7) is 6.88. The number of anilines is 1. The van der Waals surface area contributed by atoms with Crippen LogP contribution in [0.25, 0.3) is 11.1 Å². The monoisotopic (exact) mass is 332 g/mol. The molecule has 1 amide bonds. The summed E-state index contributed by atoms with van der Waals surface area (Å²) in [7, 11) is 0. The minimum atomic E-state index is -0.0427. The number of fused-ring (bicyclic) bond motifs is 1. The first-order valence-electron chi connectivity index (χ1n) is 8.19. The second-order valence-corrected chi connectivity index (χ2v) is 5.91. The topological polar surface area (TPSA) is 80.9 Å². The number of carbonyl (C=O) groups excluding carboxylic acids is 1. The predicted molar refractivity (Wildman–Crippen MR) is 86.3 cm³/mol. The summed E-state index contributed by atoms with van der Waals surface area (Å²) in [5.41, 5.74) is 1.02. The van der Waals surface area contributed by atoms with Gasteiger partial charge in [0.05, 0.1) is 37.4 Å². The molecule has 0 aliphatic carbocycles. The second kappa shape index (κ2) is 6.37. The zero-order valence-corrected chi connectivity index (χ0v) is 13.7. The largest absolute Gasteiger partial charge is 0.442 e. The fourth-order valence-electron chi connectivity index (χ4n) is 3.23. The average molecular weight is 332 g/mol. The highest BCUT2D eigenvalue weighted by atomic mass is 16.5. The van der Waals surface area contributed by atoms with E-state index in [0.717, 1.165) is 18.9 Å². The average Bonchev–Trinajstić information content (AvgIpc) is 2.98. The number of carbonyl (C=O) groups is 1. The van der Waals surface area contributed by atoms with Gasteiger partial charge in [0, 0.05) is 26.2 Å². The molecule has 0 N–H and O–H groups in total. The molecular weight excluding hydrogens is 312 g/mol. The lowest BCUT2D eigenvalue weighted by Crippen LogP contribution is -2.41. The molecule has 0 aromatic carbocycles. The number of morpholine rings is 2. The third kappa shape index (κ3) is 2.61. The van der Waals surface area contributed by atoms with Crippen LogP contribution < -0.4 is 4.90 Å². The van der Waals surface area contributed by atoms with Crippen LogP contribution in [0.1, 0.15) is 16.1 Å². The van der Waals surface area contributed by atoms with E-state index in [0.29, 0.717) is 61.9 Å². The number of nitrogens with zero attached hydrogens (tertiary/aromatic N) is 4. The molecule has 0 saturated carbocycles. The van der Waals surface area contributed by atoms with Crippen LogP contribution in [0.5, 0.6) is 0 Å². The SMILES string of the molecule is Cc1oc2ncnc(N3CCOCC3)c2c1C(=O)N1CCOCC1. The first-order valence-corrected chi connectivity index (χ1v) is 8.19. The number of hydrogen-bond donors (Lipinski definition) is 0. The van der Waals surface area contributed by atoms with Crippen molar-refractivity contribution in [1.29, 1.82) is 0 Å². The van der Waals surface area contributed by atoms with Crippen LogP contribution in [0.3, 0.4) is 0 Å². The van der Waals surface area contributed by atoms with E-state index in [1.54, 1.807) is 11.8 Å². The van der Waals surface area contributed by atoms with Crippen LogP contribution in [0.4, 0.5) is 5.82 Å². The molecule has 2 fully saturated rings. The Morgan fingerprint density at radius 2 is 1.71 bits per heavy atom. The summed E-state index contributed by atoms with van der Waals surface area (Å²) in [5, 5.41) is 0.702. The molecule has 8 nitrogen and oxygen atoms in total. The van der Waals surface area contributed by atoms with E-state index in [1.165, 1.54) is 6.33 Å². The summed E-state index contributed by atoms with van der Waals surface area (Å²) in [6, 6.07) is 0. The molecule has 0 atom stereocenters. The third-order valence-corrected chi connectivity index (χ3v) is 4.47. The first-order chi connectivity index (χ1) is 11.8. The fraction of sp³-hybridized carbons (Fsp3) is 0.562. The standard InChI is InChI=1S/C16H20N4O4/c1-11-12(16(21)20-4-8-23-9-5-20)13-14(17-10-18-15(13)24-11)19-2-6-22-7-3-19/h10H,2-9H2,1H3. The second-order valence-electron chi connectivity index (χ2n) is 5.91. The Morgan fingerprint density at radius 3 is 2.42 bits per heavy atom. The molecule has 2 aliphatic heterocycles. The molecule has 0 unspecified atom stereocenters. The van der Waals surface area contributed by atoms with E-state index < -0.39 is 0 Å². The van der Waals surface area contributed by atoms with Gasteiger partial charge in [-0.15, -0.1) is 0 Å². The van der Waals surface area contributed by atoms with Gasteiger partial charge in [0.15, 0.2) is 0 Å². The Balaban J connectivity index is 1.79. The zero-order valence-electron chi connectivity index (χ0n) is 13.7. The molecular formula is C16H20N4O4. The maximum absolute atomic E-state index is 13.0. The van der Waals surface area contributed by atoms with Gasteiger partial charge in [-0.25, -0.2) is 9.97 Å². The predicted octanol–water partition coefficient (Wildman–Crippen LogP) is 0.840. The van der Waals surface area contributed by atoms with Gasteiger partial charge in [-0.1, -0.05) is 0 Å². The maximum Gasteiger partial charge on any atom is 0.258 e. The molecule has 8 heteroatoms. The quantitative estimate of drug-likeness (QED) is 0.806. The van der Waals surface area contributed by atoms with E-state index in [2.05, 4.69) is 14.9 Å². The van der Waals surface area contributed by atoms with Crippen molar-refractivity contribution in [1.82, 2.24) is 14.9 Å². The highest BCUT2D eigenvalue weighted by Crippen LogP contribution is 2.32. The molecule has 2 aromatic rings. The van der Waals surface area contributed by atoms with Crippen molar-refractivity contribution in [2.45, 2.75) is 6.92 Å². The third-order valence-electron chi connectivity index (χ3n) is 4.47. The Kier molecular flexibility index (Phi) is 4.07. The lowest BCUT2D eigenvalue weighted by molar-refractivity contribution is 0.0303. The molecule has 2 saturated heterocycles. The lowest BCUT2D eigenvalue weighted by Gasteiger charge is -2.29. The normalized spacial score (nSPS) is 19.0. The van der Waals surface area contributed by atoms with Gasteiger partial charge in [0.25, 0.3) is 5.91 Å². The number of aromatic nitrogens is 2. The summed E-state index contributed by atoms with van der Waals surface area (Å²) in [6.07, 6.45) is 1.49. The molecule has 4 heterocycles. The van der Waals surface area contributed by atoms with Gasteiger partial charge >= 0.3 is 0 Å². The number of ether oxygens (including phenoxy) is 2. The van der Waals surface area contributed by atoms with Gasteiger partial charge in [0.2, 0.25) is 5.71 Å². The van der Waals surface area contributed by atoms with Crippen molar-refractivity contribution < 1.29 is 18.7 Å². The maximum atomic E-state index is 13.0. The number of amides is 1. The van der Waals surface area contributed by atoms with Crippen molar-refractivity contribution >= 4 is 22.8 Å². The zero-order chi connectivity index (χ0) is 16.5. The highest BCUT2D eigenvalue weighted by Gasteiger charge is 2.29. The number of rotatable bonds is 2. The van der Waals surface area contributed by atoms with Crippen molar-refractivity contribution in [2.75, 3.05) is 57.5 Å². The van der Waals surface area contributed by atoms with Crippen molar-refractivity contribution in [2.24, 2.45) is 0 Å². The van der Waals surface area contributed by atoms with Crippen molar-refractivity contribution in [3.05, 3.63) is 17.7 Å². The molecule has 2 aromatic heterocycles. The Morgan fingerprint density at radius 1 is 1.04 bits per heavy atom. The van der Waals surface area contributed by atoms with E-state index in [4.69, 9.17) is 13.9 Å². The van der Waals surface area contributed by atoms with E-state index >= 15 is 0 Å². The van der Waals surface area contributed by atoms with Gasteiger partial charge in [-0.2, -0.15) is 0 Å². The Bertz CT molecular complexity index is 748. The van der Waals surface area contributed by atoms with Crippen molar-refractivity contribution in [3.8, 4) is 0 Å². The fourth-order valence-corrected chi connectivity index (χ4v) is 3.23. The van der Waals surface area contributed by atoms with E-state index in [9.17, 15) is 4.79 Å². The number of hydrogen-bond acceptors (Lipinski definition) is 7. The highest BCUT2D eigenvalue weighted by molar-refractivity contribution is 6.10. The lowest BCUT2D eigenvalue weighted by atomic mass is 10.1. The molecule has 4 rings (SSSR count). The van der Waals surface area contributed by atoms with Crippen LogP contribution >= 0.6 is 0 Å². The van der Waals surface area contributed by atoms with Crippen LogP contribution in [0.15, 0.2) is 10.7 Å². The van der Waals surface area contributed by atoms with E-state index in [1.807, 2.05) is 0 Å². The molecule has 128 valence electrons. The van der Waals surface area contributed by atoms with Gasteiger partial charge in [-0.3, -0.25) is 4.79 Å². The smallest absolute Gasteiger partial charge is 0.258 e.